The zero-order chi connectivity index (χ0) is 12.9. The lowest BCUT2D eigenvalue weighted by atomic mass is 9.78. The third-order valence-corrected chi connectivity index (χ3v) is 3.67. The maximum Gasteiger partial charge on any atom is 0.172 e. The Morgan fingerprint density at radius 3 is 2.12 bits per heavy atom. The summed E-state index contributed by atoms with van der Waals surface area (Å²) in [6.45, 7) is 8.27. The molecule has 0 aromatic carbocycles. The molecule has 2 fully saturated rings. The van der Waals surface area contributed by atoms with E-state index in [1.165, 1.54) is 5.06 Å². The Morgan fingerprint density at radius 2 is 1.71 bits per heavy atom. The monoisotopic (exact) mass is 245 g/mol. The number of hydroxylamine groups is 2. The lowest BCUT2D eigenvalue weighted by Crippen LogP contribution is -2.64. The zero-order valence-corrected chi connectivity index (χ0v) is 11.1. The van der Waals surface area contributed by atoms with Crippen LogP contribution in [-0.2, 0) is 9.47 Å². The first kappa shape index (κ1) is 13.2. The molecule has 2 N–H and O–H groups in total. The van der Waals surface area contributed by atoms with E-state index in [0.29, 0.717) is 19.4 Å². The van der Waals surface area contributed by atoms with E-state index in [4.69, 9.17) is 14.6 Å². The van der Waals surface area contributed by atoms with Gasteiger partial charge in [-0.1, -0.05) is 0 Å². The second kappa shape index (κ2) is 3.90. The SMILES string of the molecule is CC1(C)CC2(CC(C)(C)N1O)OC[C@H](CO)O2. The van der Waals surface area contributed by atoms with Gasteiger partial charge in [-0.2, -0.15) is 5.06 Å². The Labute approximate surface area is 102 Å². The van der Waals surface area contributed by atoms with Crippen LogP contribution in [0.2, 0.25) is 0 Å². The quantitative estimate of drug-likeness (QED) is 0.725. The predicted molar refractivity (Wildman–Crippen MR) is 61.7 cm³/mol. The highest BCUT2D eigenvalue weighted by Crippen LogP contribution is 2.47. The molecule has 1 atom stereocenters. The van der Waals surface area contributed by atoms with Crippen molar-refractivity contribution in [1.82, 2.24) is 5.06 Å². The fraction of sp³-hybridized carbons (Fsp3) is 1.00. The average molecular weight is 245 g/mol. The van der Waals surface area contributed by atoms with Crippen molar-refractivity contribution in [2.24, 2.45) is 0 Å². The molecular formula is C12H23NO4. The third-order valence-electron chi connectivity index (χ3n) is 3.67. The van der Waals surface area contributed by atoms with E-state index < -0.39 is 16.9 Å². The van der Waals surface area contributed by atoms with Crippen molar-refractivity contribution in [3.63, 3.8) is 0 Å². The minimum Gasteiger partial charge on any atom is -0.394 e. The molecule has 0 amide bonds. The van der Waals surface area contributed by atoms with Gasteiger partial charge in [-0.05, 0) is 27.7 Å². The van der Waals surface area contributed by atoms with E-state index in [2.05, 4.69) is 0 Å². The maximum atomic E-state index is 10.2. The van der Waals surface area contributed by atoms with Gasteiger partial charge in [0, 0.05) is 23.9 Å². The second-order valence-electron chi connectivity index (χ2n) is 6.43. The molecule has 0 aromatic heterocycles. The lowest BCUT2D eigenvalue weighted by Gasteiger charge is -2.54. The molecule has 0 unspecified atom stereocenters. The van der Waals surface area contributed by atoms with Crippen LogP contribution in [0.5, 0.6) is 0 Å². The topological polar surface area (TPSA) is 62.2 Å². The first-order valence-corrected chi connectivity index (χ1v) is 6.13. The smallest absolute Gasteiger partial charge is 0.172 e. The normalized spacial score (nSPS) is 35.3. The van der Waals surface area contributed by atoms with Gasteiger partial charge in [0.2, 0.25) is 0 Å². The van der Waals surface area contributed by atoms with Crippen LogP contribution in [0.3, 0.4) is 0 Å². The van der Waals surface area contributed by atoms with Crippen LogP contribution in [0.15, 0.2) is 0 Å². The molecule has 2 aliphatic heterocycles. The van der Waals surface area contributed by atoms with Crippen molar-refractivity contribution >= 4 is 0 Å². The number of nitrogens with zero attached hydrogens (tertiary/aromatic N) is 1. The predicted octanol–water partition coefficient (Wildman–Crippen LogP) is 1.13. The van der Waals surface area contributed by atoms with Gasteiger partial charge in [0.25, 0.3) is 0 Å². The highest BCUT2D eigenvalue weighted by molar-refractivity contribution is 5.02. The Kier molecular flexibility index (Phi) is 3.03. The Bertz CT molecular complexity index is 285. The van der Waals surface area contributed by atoms with Gasteiger partial charge < -0.3 is 19.8 Å². The molecule has 1 spiro atoms. The van der Waals surface area contributed by atoms with Gasteiger partial charge in [-0.15, -0.1) is 0 Å². The van der Waals surface area contributed by atoms with Gasteiger partial charge in [0.15, 0.2) is 5.79 Å². The Morgan fingerprint density at radius 1 is 1.18 bits per heavy atom. The molecule has 17 heavy (non-hydrogen) atoms. The molecule has 100 valence electrons. The standard InChI is InChI=1S/C12H23NO4/c1-10(2)7-12(8-11(3,4)13(10)15)16-6-9(5-14)17-12/h9,14-15H,5-8H2,1-4H3/t9-/m0/s1. The first-order valence-electron chi connectivity index (χ1n) is 6.13. The minimum absolute atomic E-state index is 0.0224. The average Bonchev–Trinajstić information content (AvgIpc) is 2.56. The molecule has 2 saturated heterocycles. The molecule has 0 aliphatic carbocycles. The lowest BCUT2D eigenvalue weighted by molar-refractivity contribution is -0.318. The van der Waals surface area contributed by atoms with Gasteiger partial charge in [-0.25, -0.2) is 0 Å². The summed E-state index contributed by atoms with van der Waals surface area (Å²) >= 11 is 0. The van der Waals surface area contributed by atoms with Crippen molar-refractivity contribution in [3.05, 3.63) is 0 Å². The summed E-state index contributed by atoms with van der Waals surface area (Å²) in [5, 5.41) is 20.7. The number of rotatable bonds is 1. The van der Waals surface area contributed by atoms with E-state index in [9.17, 15) is 5.21 Å². The van der Waals surface area contributed by atoms with Crippen molar-refractivity contribution < 1.29 is 19.8 Å². The number of hydrogen-bond acceptors (Lipinski definition) is 5. The van der Waals surface area contributed by atoms with Crippen LogP contribution in [0.4, 0.5) is 0 Å². The van der Waals surface area contributed by atoms with E-state index in [1.54, 1.807) is 0 Å². The van der Waals surface area contributed by atoms with Crippen LogP contribution >= 0.6 is 0 Å². The Hall–Kier alpha value is -0.200. The van der Waals surface area contributed by atoms with Crippen molar-refractivity contribution in [2.45, 2.75) is 63.5 Å². The molecular weight excluding hydrogens is 222 g/mol. The van der Waals surface area contributed by atoms with E-state index in [1.807, 2.05) is 27.7 Å². The summed E-state index contributed by atoms with van der Waals surface area (Å²) < 4.78 is 11.6. The largest absolute Gasteiger partial charge is 0.394 e. The van der Waals surface area contributed by atoms with Gasteiger partial charge in [-0.3, -0.25) is 0 Å². The van der Waals surface area contributed by atoms with Crippen LogP contribution < -0.4 is 0 Å². The highest BCUT2D eigenvalue weighted by atomic mass is 16.7. The van der Waals surface area contributed by atoms with Crippen molar-refractivity contribution in [1.29, 1.82) is 0 Å². The molecule has 0 aromatic rings. The second-order valence-corrected chi connectivity index (χ2v) is 6.43. The fourth-order valence-corrected chi connectivity index (χ4v) is 3.24. The number of aliphatic hydroxyl groups excluding tert-OH is 1. The number of ether oxygens (including phenoxy) is 2. The van der Waals surface area contributed by atoms with Crippen LogP contribution in [0, 0.1) is 0 Å². The molecule has 0 saturated carbocycles. The number of aliphatic hydroxyl groups is 1. The van der Waals surface area contributed by atoms with E-state index in [-0.39, 0.29) is 12.7 Å². The van der Waals surface area contributed by atoms with Crippen molar-refractivity contribution in [3.8, 4) is 0 Å². The van der Waals surface area contributed by atoms with Gasteiger partial charge >= 0.3 is 0 Å². The van der Waals surface area contributed by atoms with Gasteiger partial charge in [0.05, 0.1) is 13.2 Å². The molecule has 2 aliphatic rings. The molecule has 0 radical (unpaired) electrons. The van der Waals surface area contributed by atoms with Crippen LogP contribution in [0.25, 0.3) is 0 Å². The van der Waals surface area contributed by atoms with E-state index >= 15 is 0 Å². The van der Waals surface area contributed by atoms with Crippen molar-refractivity contribution in [2.75, 3.05) is 13.2 Å². The summed E-state index contributed by atoms with van der Waals surface area (Å²) in [6.07, 6.45) is 0.944. The summed E-state index contributed by atoms with van der Waals surface area (Å²) in [7, 11) is 0. The number of hydrogen-bond donors (Lipinski definition) is 2. The molecule has 2 rings (SSSR count). The van der Waals surface area contributed by atoms with E-state index in [0.717, 1.165) is 0 Å². The molecule has 2 heterocycles. The molecule has 0 bridgehead atoms. The summed E-state index contributed by atoms with van der Waals surface area (Å²) in [5.74, 6) is -0.667. The number of piperidine rings is 1. The fourth-order valence-electron chi connectivity index (χ4n) is 3.24. The molecule has 5 nitrogen and oxygen atoms in total. The third kappa shape index (κ3) is 2.22. The zero-order valence-electron chi connectivity index (χ0n) is 11.1. The Balaban J connectivity index is 2.22. The van der Waals surface area contributed by atoms with Crippen LogP contribution in [0.1, 0.15) is 40.5 Å². The maximum absolute atomic E-state index is 10.2. The highest BCUT2D eigenvalue weighted by Gasteiger charge is 2.56. The summed E-state index contributed by atoms with van der Waals surface area (Å²) in [4.78, 5) is 0. The summed E-state index contributed by atoms with van der Waals surface area (Å²) in [6, 6.07) is 0. The molecule has 5 heteroatoms. The minimum atomic E-state index is -0.667. The van der Waals surface area contributed by atoms with Crippen LogP contribution in [-0.4, -0.2) is 51.6 Å². The summed E-state index contributed by atoms with van der Waals surface area (Å²) in [5.41, 5.74) is -0.821. The van der Waals surface area contributed by atoms with Gasteiger partial charge in [0.1, 0.15) is 6.10 Å². The first-order chi connectivity index (χ1) is 7.71.